The molecule has 0 saturated heterocycles. The quantitative estimate of drug-likeness (QED) is 0.772. The van der Waals surface area contributed by atoms with Crippen LogP contribution in [0.15, 0.2) is 40.9 Å². The third-order valence-electron chi connectivity index (χ3n) is 2.99. The van der Waals surface area contributed by atoms with Gasteiger partial charge in [-0.3, -0.25) is 0 Å². The average Bonchev–Trinajstić information content (AvgIpc) is 2.40. The molecule has 0 saturated carbocycles. The molecule has 1 nitrogen and oxygen atoms in total. The van der Waals surface area contributed by atoms with Crippen molar-refractivity contribution in [3.05, 3.63) is 57.3 Å². The molecule has 2 rings (SSSR count). The van der Waals surface area contributed by atoms with Gasteiger partial charge in [0, 0.05) is 27.6 Å². The van der Waals surface area contributed by atoms with Gasteiger partial charge in [-0.05, 0) is 35.4 Å². The summed E-state index contributed by atoms with van der Waals surface area (Å²) in [7, 11) is 0. The summed E-state index contributed by atoms with van der Waals surface area (Å²) >= 11 is 9.64. The summed E-state index contributed by atoms with van der Waals surface area (Å²) < 4.78 is 14.7. The fraction of sp³-hybridized carbons (Fsp3) is 0.250. The summed E-state index contributed by atoms with van der Waals surface area (Å²) in [6.45, 7) is 4.87. The first kappa shape index (κ1) is 15.5. The van der Waals surface area contributed by atoms with E-state index in [-0.39, 0.29) is 5.82 Å². The second kappa shape index (κ2) is 6.70. The highest BCUT2D eigenvalue weighted by molar-refractivity contribution is 9.10. The molecule has 0 aromatic heterocycles. The molecule has 1 N–H and O–H groups in total. The lowest BCUT2D eigenvalue weighted by atomic mass is 10.0. The highest BCUT2D eigenvalue weighted by Crippen LogP contribution is 2.29. The van der Waals surface area contributed by atoms with Crippen molar-refractivity contribution in [3.63, 3.8) is 0 Å². The summed E-state index contributed by atoms with van der Waals surface area (Å²) in [5.41, 5.74) is 2.34. The Kier molecular flexibility index (Phi) is 5.19. The van der Waals surface area contributed by atoms with Crippen molar-refractivity contribution >= 4 is 27.5 Å². The maximum Gasteiger partial charge on any atom is 0.131 e. The Morgan fingerprint density at radius 1 is 1.20 bits per heavy atom. The topological polar surface area (TPSA) is 12.0 Å². The Hall–Kier alpha value is -0.900. The zero-order valence-corrected chi connectivity index (χ0v) is 13.7. The van der Waals surface area contributed by atoms with Gasteiger partial charge in [-0.1, -0.05) is 53.5 Å². The SMILES string of the molecule is CC(C)NCc1ccc(-c2cc(Br)ccc2F)cc1Cl. The van der Waals surface area contributed by atoms with Crippen LogP contribution in [0.2, 0.25) is 5.02 Å². The molecule has 0 heterocycles. The Labute approximate surface area is 132 Å². The van der Waals surface area contributed by atoms with Crippen molar-refractivity contribution in [2.45, 2.75) is 26.4 Å². The molecule has 0 amide bonds. The van der Waals surface area contributed by atoms with Crippen molar-refractivity contribution in [2.75, 3.05) is 0 Å². The molecule has 0 aliphatic rings. The Bertz CT molecular complexity index is 613. The monoisotopic (exact) mass is 355 g/mol. The first-order chi connectivity index (χ1) is 9.47. The van der Waals surface area contributed by atoms with Crippen LogP contribution in [0.1, 0.15) is 19.4 Å². The lowest BCUT2D eigenvalue weighted by molar-refractivity contribution is 0.589. The van der Waals surface area contributed by atoms with Crippen molar-refractivity contribution in [1.82, 2.24) is 5.32 Å². The molecule has 20 heavy (non-hydrogen) atoms. The molecule has 2 aromatic rings. The molecule has 4 heteroatoms. The van der Waals surface area contributed by atoms with E-state index in [0.717, 1.165) is 15.6 Å². The standard InChI is InChI=1S/C16H16BrClFN/c1-10(2)20-9-12-4-3-11(7-15(12)18)14-8-13(17)5-6-16(14)19/h3-8,10,20H,9H2,1-2H3. The van der Waals surface area contributed by atoms with Crippen LogP contribution in [0.5, 0.6) is 0 Å². The summed E-state index contributed by atoms with van der Waals surface area (Å²) in [5, 5.41) is 3.96. The first-order valence-electron chi connectivity index (χ1n) is 6.44. The van der Waals surface area contributed by atoms with Gasteiger partial charge >= 0.3 is 0 Å². The molecule has 0 bridgehead atoms. The number of nitrogens with one attached hydrogen (secondary N) is 1. The highest BCUT2D eigenvalue weighted by atomic mass is 79.9. The third-order valence-corrected chi connectivity index (χ3v) is 3.84. The second-order valence-electron chi connectivity index (χ2n) is 4.97. The van der Waals surface area contributed by atoms with Crippen LogP contribution < -0.4 is 5.32 Å². The normalized spacial score (nSPS) is 11.1. The predicted molar refractivity (Wildman–Crippen MR) is 86.5 cm³/mol. The predicted octanol–water partition coefficient (Wildman–Crippen LogP) is 5.41. The molecule has 0 atom stereocenters. The van der Waals surface area contributed by atoms with Crippen molar-refractivity contribution < 1.29 is 4.39 Å². The Morgan fingerprint density at radius 2 is 1.95 bits per heavy atom. The Morgan fingerprint density at radius 3 is 2.60 bits per heavy atom. The third kappa shape index (κ3) is 3.81. The van der Waals surface area contributed by atoms with Crippen molar-refractivity contribution in [3.8, 4) is 11.1 Å². The lowest BCUT2D eigenvalue weighted by Gasteiger charge is -2.11. The van der Waals surface area contributed by atoms with Crippen LogP contribution in [-0.2, 0) is 6.54 Å². The van der Waals surface area contributed by atoms with Crippen LogP contribution in [-0.4, -0.2) is 6.04 Å². The zero-order chi connectivity index (χ0) is 14.7. The molecule has 2 aromatic carbocycles. The van der Waals surface area contributed by atoms with Crippen LogP contribution >= 0.6 is 27.5 Å². The second-order valence-corrected chi connectivity index (χ2v) is 6.29. The van der Waals surface area contributed by atoms with Crippen molar-refractivity contribution in [2.24, 2.45) is 0 Å². The number of hydrogen-bond acceptors (Lipinski definition) is 1. The fourth-order valence-corrected chi connectivity index (χ4v) is 2.50. The zero-order valence-electron chi connectivity index (χ0n) is 11.4. The van der Waals surface area contributed by atoms with Gasteiger partial charge in [-0.2, -0.15) is 0 Å². The number of benzene rings is 2. The molecule has 0 unspecified atom stereocenters. The lowest BCUT2D eigenvalue weighted by Crippen LogP contribution is -2.21. The average molecular weight is 357 g/mol. The number of rotatable bonds is 4. The summed E-state index contributed by atoms with van der Waals surface area (Å²) in [6, 6.07) is 10.9. The van der Waals surface area contributed by atoms with Crippen LogP contribution in [0.3, 0.4) is 0 Å². The van der Waals surface area contributed by atoms with E-state index in [9.17, 15) is 4.39 Å². The van der Waals surface area contributed by atoms with E-state index >= 15 is 0 Å². The first-order valence-corrected chi connectivity index (χ1v) is 7.61. The minimum atomic E-state index is -0.252. The fourth-order valence-electron chi connectivity index (χ4n) is 1.89. The van der Waals surface area contributed by atoms with E-state index in [2.05, 4.69) is 35.1 Å². The largest absolute Gasteiger partial charge is 0.310 e. The van der Waals surface area contributed by atoms with Crippen LogP contribution in [0.25, 0.3) is 11.1 Å². The molecule has 106 valence electrons. The Balaban J connectivity index is 2.31. The van der Waals surface area contributed by atoms with E-state index in [0.29, 0.717) is 23.2 Å². The summed E-state index contributed by atoms with van der Waals surface area (Å²) in [4.78, 5) is 0. The van der Waals surface area contributed by atoms with Gasteiger partial charge in [0.05, 0.1) is 0 Å². The van der Waals surface area contributed by atoms with Gasteiger partial charge in [0.2, 0.25) is 0 Å². The van der Waals surface area contributed by atoms with Gasteiger partial charge in [-0.15, -0.1) is 0 Å². The van der Waals surface area contributed by atoms with Gasteiger partial charge < -0.3 is 5.32 Å². The van der Waals surface area contributed by atoms with Gasteiger partial charge in [-0.25, -0.2) is 4.39 Å². The molecule has 0 radical (unpaired) electrons. The van der Waals surface area contributed by atoms with Crippen LogP contribution in [0.4, 0.5) is 4.39 Å². The number of halogens is 3. The van der Waals surface area contributed by atoms with E-state index in [1.807, 2.05) is 18.2 Å². The van der Waals surface area contributed by atoms with E-state index in [4.69, 9.17) is 11.6 Å². The van der Waals surface area contributed by atoms with Crippen LogP contribution in [0, 0.1) is 5.82 Å². The van der Waals surface area contributed by atoms with E-state index in [1.54, 1.807) is 12.1 Å². The van der Waals surface area contributed by atoms with Crippen molar-refractivity contribution in [1.29, 1.82) is 0 Å². The van der Waals surface area contributed by atoms with E-state index in [1.165, 1.54) is 6.07 Å². The molecular formula is C16H16BrClFN. The molecule has 0 fully saturated rings. The minimum Gasteiger partial charge on any atom is -0.310 e. The molecular weight excluding hydrogens is 341 g/mol. The maximum atomic E-state index is 13.9. The summed E-state index contributed by atoms with van der Waals surface area (Å²) in [6.07, 6.45) is 0. The minimum absolute atomic E-state index is 0.252. The van der Waals surface area contributed by atoms with Gasteiger partial charge in [0.25, 0.3) is 0 Å². The number of hydrogen-bond donors (Lipinski definition) is 1. The maximum absolute atomic E-state index is 13.9. The molecule has 0 aliphatic heterocycles. The molecule has 0 aliphatic carbocycles. The van der Waals surface area contributed by atoms with Gasteiger partial charge in [0.15, 0.2) is 0 Å². The van der Waals surface area contributed by atoms with Gasteiger partial charge in [0.1, 0.15) is 5.82 Å². The smallest absolute Gasteiger partial charge is 0.131 e. The summed E-state index contributed by atoms with van der Waals surface area (Å²) in [5.74, 6) is -0.252. The van der Waals surface area contributed by atoms with E-state index < -0.39 is 0 Å². The highest BCUT2D eigenvalue weighted by Gasteiger charge is 2.09. The molecule has 0 spiro atoms.